The Bertz CT molecular complexity index is 1350. The number of rotatable bonds is 5. The maximum atomic E-state index is 13.3. The van der Waals surface area contributed by atoms with Gasteiger partial charge in [0.25, 0.3) is 5.56 Å². The van der Waals surface area contributed by atoms with Crippen LogP contribution in [0, 0.1) is 12.7 Å². The number of benzene rings is 3. The summed E-state index contributed by atoms with van der Waals surface area (Å²) in [7, 11) is 3.09. The van der Waals surface area contributed by atoms with Gasteiger partial charge in [0.1, 0.15) is 5.82 Å². The van der Waals surface area contributed by atoms with Crippen molar-refractivity contribution in [2.24, 2.45) is 5.10 Å². The molecule has 0 aliphatic heterocycles. The summed E-state index contributed by atoms with van der Waals surface area (Å²) in [6.07, 6.45) is 1.49. The van der Waals surface area contributed by atoms with Crippen molar-refractivity contribution in [1.82, 2.24) is 9.66 Å². The Labute approximate surface area is 178 Å². The first-order valence-electron chi connectivity index (χ1n) is 9.56. The highest BCUT2D eigenvalue weighted by molar-refractivity contribution is 5.82. The molecule has 0 spiro atoms. The zero-order valence-corrected chi connectivity index (χ0v) is 17.3. The number of ether oxygens (including phenoxy) is 2. The molecule has 0 aliphatic carbocycles. The van der Waals surface area contributed by atoms with Gasteiger partial charge in [-0.05, 0) is 55.0 Å². The van der Waals surface area contributed by atoms with Crippen LogP contribution in [0.4, 0.5) is 4.39 Å². The third-order valence-electron chi connectivity index (χ3n) is 4.84. The Morgan fingerprint density at radius 3 is 2.42 bits per heavy atom. The molecule has 0 fully saturated rings. The van der Waals surface area contributed by atoms with Gasteiger partial charge < -0.3 is 9.47 Å². The number of hydrogen-bond donors (Lipinski definition) is 0. The number of aryl methyl sites for hydroxylation is 1. The van der Waals surface area contributed by atoms with Crippen LogP contribution in [0.25, 0.3) is 22.3 Å². The molecule has 3 aromatic carbocycles. The molecule has 31 heavy (non-hydrogen) atoms. The molecule has 4 rings (SSSR count). The lowest BCUT2D eigenvalue weighted by molar-refractivity contribution is 0.355. The molecule has 0 saturated carbocycles. The molecule has 0 N–H and O–H groups in total. The molecule has 0 aliphatic rings. The van der Waals surface area contributed by atoms with Gasteiger partial charge in [-0.15, -0.1) is 0 Å². The van der Waals surface area contributed by atoms with Crippen LogP contribution in [0.2, 0.25) is 0 Å². The summed E-state index contributed by atoms with van der Waals surface area (Å²) in [4.78, 5) is 18.0. The van der Waals surface area contributed by atoms with E-state index in [1.165, 1.54) is 30.1 Å². The summed E-state index contributed by atoms with van der Waals surface area (Å²) in [5.74, 6) is 1.07. The Hall–Kier alpha value is -4.00. The maximum Gasteiger partial charge on any atom is 0.282 e. The molecule has 0 amide bonds. The number of halogens is 1. The number of methoxy groups -OCH3 is 2. The smallest absolute Gasteiger partial charge is 0.282 e. The molecule has 0 unspecified atom stereocenters. The first-order chi connectivity index (χ1) is 15.0. The molecular weight excluding hydrogens is 397 g/mol. The molecule has 6 nitrogen and oxygen atoms in total. The van der Waals surface area contributed by atoms with E-state index in [0.29, 0.717) is 39.4 Å². The van der Waals surface area contributed by atoms with Gasteiger partial charge >= 0.3 is 0 Å². The molecule has 156 valence electrons. The molecule has 0 saturated heterocycles. The lowest BCUT2D eigenvalue weighted by Crippen LogP contribution is -2.20. The van der Waals surface area contributed by atoms with E-state index in [-0.39, 0.29) is 11.4 Å². The van der Waals surface area contributed by atoms with Crippen molar-refractivity contribution in [1.29, 1.82) is 0 Å². The average molecular weight is 417 g/mol. The van der Waals surface area contributed by atoms with Crippen molar-refractivity contribution in [2.45, 2.75) is 6.92 Å². The Morgan fingerprint density at radius 1 is 0.968 bits per heavy atom. The summed E-state index contributed by atoms with van der Waals surface area (Å²) in [5.41, 5.74) is 2.48. The van der Waals surface area contributed by atoms with Crippen LogP contribution in [0.3, 0.4) is 0 Å². The van der Waals surface area contributed by atoms with E-state index in [1.54, 1.807) is 43.5 Å². The molecule has 0 radical (unpaired) electrons. The van der Waals surface area contributed by atoms with Crippen molar-refractivity contribution >= 4 is 17.1 Å². The van der Waals surface area contributed by atoms with Crippen molar-refractivity contribution in [3.63, 3.8) is 0 Å². The SMILES string of the molecule is COc1ccc(-c2nc3ccc(C)cc3c(=O)n2N=Cc2ccc(F)cc2)cc1OC. The van der Waals surface area contributed by atoms with Gasteiger partial charge in [0.15, 0.2) is 17.3 Å². The Kier molecular flexibility index (Phi) is 5.49. The van der Waals surface area contributed by atoms with Gasteiger partial charge in [0.05, 0.1) is 31.3 Å². The van der Waals surface area contributed by atoms with Crippen LogP contribution in [-0.4, -0.2) is 30.1 Å². The molecule has 7 heteroatoms. The average Bonchev–Trinajstić information content (AvgIpc) is 2.79. The highest BCUT2D eigenvalue weighted by atomic mass is 19.1. The minimum absolute atomic E-state index is 0.308. The van der Waals surface area contributed by atoms with E-state index < -0.39 is 0 Å². The fourth-order valence-corrected chi connectivity index (χ4v) is 3.23. The molecule has 1 heterocycles. The summed E-state index contributed by atoms with van der Waals surface area (Å²) in [6, 6.07) is 16.6. The van der Waals surface area contributed by atoms with Crippen LogP contribution >= 0.6 is 0 Å². The number of hydrogen-bond acceptors (Lipinski definition) is 5. The lowest BCUT2D eigenvalue weighted by atomic mass is 10.1. The lowest BCUT2D eigenvalue weighted by Gasteiger charge is -2.12. The highest BCUT2D eigenvalue weighted by Gasteiger charge is 2.15. The third-order valence-corrected chi connectivity index (χ3v) is 4.84. The second kappa shape index (κ2) is 8.39. The Balaban J connectivity index is 1.95. The quantitative estimate of drug-likeness (QED) is 0.451. The highest BCUT2D eigenvalue weighted by Crippen LogP contribution is 2.31. The van der Waals surface area contributed by atoms with Crippen molar-refractivity contribution in [2.75, 3.05) is 14.2 Å². The molecule has 1 aromatic heterocycles. The predicted molar refractivity (Wildman–Crippen MR) is 119 cm³/mol. The van der Waals surface area contributed by atoms with Crippen LogP contribution in [0.5, 0.6) is 11.5 Å². The topological polar surface area (TPSA) is 65.7 Å². The van der Waals surface area contributed by atoms with Crippen molar-refractivity contribution in [3.8, 4) is 22.9 Å². The number of fused-ring (bicyclic) bond motifs is 1. The standard InChI is InChI=1S/C24H20FN3O3/c1-15-4-10-20-19(12-15)24(29)28(26-14-16-5-8-18(25)9-6-16)23(27-20)17-7-11-21(30-2)22(13-17)31-3/h4-14H,1-3H3. The van der Waals surface area contributed by atoms with Gasteiger partial charge in [0, 0.05) is 5.56 Å². The van der Waals surface area contributed by atoms with Crippen LogP contribution in [0.15, 0.2) is 70.6 Å². The monoisotopic (exact) mass is 417 g/mol. The molecule has 4 aromatic rings. The minimum atomic E-state index is -0.344. The second-order valence-corrected chi connectivity index (χ2v) is 6.94. The van der Waals surface area contributed by atoms with Crippen LogP contribution in [-0.2, 0) is 0 Å². The van der Waals surface area contributed by atoms with Crippen molar-refractivity contribution in [3.05, 3.63) is 88.0 Å². The largest absolute Gasteiger partial charge is 0.493 e. The minimum Gasteiger partial charge on any atom is -0.493 e. The van der Waals surface area contributed by atoms with E-state index in [4.69, 9.17) is 14.5 Å². The van der Waals surface area contributed by atoms with E-state index in [0.717, 1.165) is 5.56 Å². The van der Waals surface area contributed by atoms with Gasteiger partial charge in [-0.3, -0.25) is 4.79 Å². The first kappa shape index (κ1) is 20.3. The van der Waals surface area contributed by atoms with Gasteiger partial charge in [-0.1, -0.05) is 23.8 Å². The zero-order valence-electron chi connectivity index (χ0n) is 17.3. The normalized spacial score (nSPS) is 11.2. The summed E-state index contributed by atoms with van der Waals surface area (Å²) in [5, 5.41) is 4.84. The van der Waals surface area contributed by atoms with E-state index in [2.05, 4.69) is 5.10 Å². The second-order valence-electron chi connectivity index (χ2n) is 6.94. The number of nitrogens with zero attached hydrogens (tertiary/aromatic N) is 3. The third kappa shape index (κ3) is 4.02. The van der Waals surface area contributed by atoms with Crippen LogP contribution < -0.4 is 15.0 Å². The molecule has 0 bridgehead atoms. The molecule has 0 atom stereocenters. The number of aromatic nitrogens is 2. The maximum absolute atomic E-state index is 13.3. The summed E-state index contributed by atoms with van der Waals surface area (Å²) < 4.78 is 25.2. The Morgan fingerprint density at radius 2 is 1.71 bits per heavy atom. The zero-order chi connectivity index (χ0) is 22.0. The fraction of sp³-hybridized carbons (Fsp3) is 0.125. The van der Waals surface area contributed by atoms with Gasteiger partial charge in [-0.2, -0.15) is 9.78 Å². The molecular formula is C24H20FN3O3. The first-order valence-corrected chi connectivity index (χ1v) is 9.56. The van der Waals surface area contributed by atoms with E-state index in [9.17, 15) is 9.18 Å². The van der Waals surface area contributed by atoms with Gasteiger partial charge in [-0.25, -0.2) is 9.37 Å². The summed E-state index contributed by atoms with van der Waals surface area (Å²) in [6.45, 7) is 1.91. The summed E-state index contributed by atoms with van der Waals surface area (Å²) >= 11 is 0. The van der Waals surface area contributed by atoms with Gasteiger partial charge in [0.2, 0.25) is 0 Å². The van der Waals surface area contributed by atoms with Crippen LogP contribution in [0.1, 0.15) is 11.1 Å². The van der Waals surface area contributed by atoms with Crippen molar-refractivity contribution < 1.29 is 13.9 Å². The fourth-order valence-electron chi connectivity index (χ4n) is 3.23. The predicted octanol–water partition coefficient (Wildman–Crippen LogP) is 4.41. The van der Waals surface area contributed by atoms with E-state index >= 15 is 0 Å². The van der Waals surface area contributed by atoms with E-state index in [1.807, 2.05) is 19.1 Å².